The van der Waals surface area contributed by atoms with E-state index in [4.69, 9.17) is 4.74 Å². The minimum absolute atomic E-state index is 0.597. The van der Waals surface area contributed by atoms with Crippen LogP contribution in [0.5, 0.6) is 0 Å². The molecule has 0 unspecified atom stereocenters. The lowest BCUT2D eigenvalue weighted by Crippen LogP contribution is -2.25. The maximum Gasteiger partial charge on any atom is 0.177 e. The lowest BCUT2D eigenvalue weighted by Gasteiger charge is -2.23. The Balaban J connectivity index is 2.40. The van der Waals surface area contributed by atoms with Gasteiger partial charge in [-0.2, -0.15) is 0 Å². The van der Waals surface area contributed by atoms with Crippen molar-refractivity contribution in [2.75, 3.05) is 6.61 Å². The van der Waals surface area contributed by atoms with Crippen LogP contribution in [0.3, 0.4) is 0 Å². The SMILES string of the molecule is CCO/C=C/C#CC(O)(c1ccccc1)c1ccccc1. The van der Waals surface area contributed by atoms with Crippen molar-refractivity contribution < 1.29 is 9.84 Å². The number of aliphatic hydroxyl groups is 1. The standard InChI is InChI=1S/C19H18O2/c1-2-21-16-10-9-15-19(20,17-11-5-3-6-12-17)18-13-7-4-8-14-18/h3-8,10-14,16,20H,2H2,1H3/b16-10+. The smallest absolute Gasteiger partial charge is 0.177 e. The normalized spacial score (nSPS) is 11.0. The number of allylic oxidation sites excluding steroid dienone is 1. The van der Waals surface area contributed by atoms with E-state index in [1.165, 1.54) is 6.26 Å². The zero-order chi connectivity index (χ0) is 15.0. The van der Waals surface area contributed by atoms with Crippen LogP contribution in [0.15, 0.2) is 73.0 Å². The summed E-state index contributed by atoms with van der Waals surface area (Å²) in [6, 6.07) is 18.9. The van der Waals surface area contributed by atoms with Crippen LogP contribution in [0.4, 0.5) is 0 Å². The van der Waals surface area contributed by atoms with Crippen LogP contribution < -0.4 is 0 Å². The van der Waals surface area contributed by atoms with Crippen LogP contribution in [0.2, 0.25) is 0 Å². The number of benzene rings is 2. The van der Waals surface area contributed by atoms with E-state index in [0.29, 0.717) is 6.61 Å². The predicted octanol–water partition coefficient (Wildman–Crippen LogP) is 3.48. The molecule has 0 amide bonds. The van der Waals surface area contributed by atoms with E-state index < -0.39 is 5.60 Å². The molecule has 2 nitrogen and oxygen atoms in total. The van der Waals surface area contributed by atoms with E-state index in [1.807, 2.05) is 67.6 Å². The molecule has 0 heterocycles. The van der Waals surface area contributed by atoms with Gasteiger partial charge in [0, 0.05) is 17.2 Å². The summed E-state index contributed by atoms with van der Waals surface area (Å²) in [5.41, 5.74) is 0.154. The lowest BCUT2D eigenvalue weighted by molar-refractivity contribution is 0.145. The summed E-state index contributed by atoms with van der Waals surface area (Å²) in [7, 11) is 0. The van der Waals surface area contributed by atoms with Gasteiger partial charge in [0.15, 0.2) is 5.60 Å². The van der Waals surface area contributed by atoms with Crippen molar-refractivity contribution in [3.05, 3.63) is 84.1 Å². The number of ether oxygens (including phenoxy) is 1. The van der Waals surface area contributed by atoms with E-state index in [1.54, 1.807) is 6.08 Å². The predicted molar refractivity (Wildman–Crippen MR) is 84.4 cm³/mol. The molecule has 0 aliphatic carbocycles. The summed E-state index contributed by atoms with van der Waals surface area (Å²) < 4.78 is 5.09. The number of hydrogen-bond donors (Lipinski definition) is 1. The molecular formula is C19H18O2. The first kappa shape index (κ1) is 14.9. The Bertz CT molecular complexity index is 594. The van der Waals surface area contributed by atoms with Gasteiger partial charge in [0.05, 0.1) is 12.9 Å². The van der Waals surface area contributed by atoms with Gasteiger partial charge in [0.2, 0.25) is 0 Å². The zero-order valence-electron chi connectivity index (χ0n) is 12.0. The molecule has 0 fully saturated rings. The van der Waals surface area contributed by atoms with Gasteiger partial charge in [-0.15, -0.1) is 0 Å². The average molecular weight is 278 g/mol. The van der Waals surface area contributed by atoms with Crippen LogP contribution in [-0.4, -0.2) is 11.7 Å². The van der Waals surface area contributed by atoms with Crippen molar-refractivity contribution in [1.29, 1.82) is 0 Å². The highest BCUT2D eigenvalue weighted by molar-refractivity contribution is 5.45. The molecule has 0 saturated heterocycles. The molecule has 2 aromatic rings. The molecule has 21 heavy (non-hydrogen) atoms. The molecular weight excluding hydrogens is 260 g/mol. The fourth-order valence-corrected chi connectivity index (χ4v) is 1.99. The molecule has 2 rings (SSSR count). The topological polar surface area (TPSA) is 29.5 Å². The summed E-state index contributed by atoms with van der Waals surface area (Å²) >= 11 is 0. The maximum atomic E-state index is 11.1. The van der Waals surface area contributed by atoms with Gasteiger partial charge in [-0.05, 0) is 6.92 Å². The fourth-order valence-electron chi connectivity index (χ4n) is 1.99. The Morgan fingerprint density at radius 1 is 1.00 bits per heavy atom. The van der Waals surface area contributed by atoms with E-state index in [9.17, 15) is 5.11 Å². The highest BCUT2D eigenvalue weighted by Crippen LogP contribution is 2.28. The first-order valence-electron chi connectivity index (χ1n) is 6.90. The van der Waals surface area contributed by atoms with E-state index in [2.05, 4.69) is 11.8 Å². The summed E-state index contributed by atoms with van der Waals surface area (Å²) in [6.07, 6.45) is 3.13. The van der Waals surface area contributed by atoms with Crippen LogP contribution in [0.1, 0.15) is 18.1 Å². The summed E-state index contributed by atoms with van der Waals surface area (Å²) in [4.78, 5) is 0. The van der Waals surface area contributed by atoms with Crippen molar-refractivity contribution in [2.45, 2.75) is 12.5 Å². The van der Waals surface area contributed by atoms with Crippen molar-refractivity contribution in [3.8, 4) is 11.8 Å². The van der Waals surface area contributed by atoms with Crippen molar-refractivity contribution in [1.82, 2.24) is 0 Å². The Labute approximate surface area is 125 Å². The first-order chi connectivity index (χ1) is 10.3. The molecule has 106 valence electrons. The molecule has 0 aliphatic heterocycles. The van der Waals surface area contributed by atoms with Crippen molar-refractivity contribution in [3.63, 3.8) is 0 Å². The molecule has 0 radical (unpaired) electrons. The highest BCUT2D eigenvalue weighted by Gasteiger charge is 2.28. The first-order valence-corrected chi connectivity index (χ1v) is 6.90. The zero-order valence-corrected chi connectivity index (χ0v) is 12.0. The Hall–Kier alpha value is -2.50. The van der Waals surface area contributed by atoms with Gasteiger partial charge in [-0.1, -0.05) is 72.5 Å². The van der Waals surface area contributed by atoms with Gasteiger partial charge in [-0.3, -0.25) is 0 Å². The third kappa shape index (κ3) is 3.75. The quantitative estimate of drug-likeness (QED) is 0.685. The molecule has 1 N–H and O–H groups in total. The molecule has 0 aromatic heterocycles. The minimum Gasteiger partial charge on any atom is -0.501 e. The van der Waals surface area contributed by atoms with E-state index >= 15 is 0 Å². The van der Waals surface area contributed by atoms with Crippen LogP contribution >= 0.6 is 0 Å². The Kier molecular flexibility index (Phi) is 5.20. The molecule has 0 saturated carbocycles. The third-order valence-electron chi connectivity index (χ3n) is 3.05. The fraction of sp³-hybridized carbons (Fsp3) is 0.158. The van der Waals surface area contributed by atoms with E-state index in [0.717, 1.165) is 11.1 Å². The second kappa shape index (κ2) is 7.33. The molecule has 0 bridgehead atoms. The molecule has 0 aliphatic rings. The van der Waals surface area contributed by atoms with Gasteiger partial charge < -0.3 is 9.84 Å². The molecule has 0 spiro atoms. The third-order valence-corrected chi connectivity index (χ3v) is 3.05. The average Bonchev–Trinajstić information content (AvgIpc) is 2.56. The lowest BCUT2D eigenvalue weighted by atomic mass is 9.87. The maximum absolute atomic E-state index is 11.1. The van der Waals surface area contributed by atoms with Crippen molar-refractivity contribution >= 4 is 0 Å². The number of rotatable bonds is 4. The summed E-state index contributed by atoms with van der Waals surface area (Å²) in [5.74, 6) is 5.78. The number of hydrogen-bond acceptors (Lipinski definition) is 2. The van der Waals surface area contributed by atoms with Crippen LogP contribution in [0, 0.1) is 11.8 Å². The second-order valence-electron chi connectivity index (χ2n) is 4.47. The second-order valence-corrected chi connectivity index (χ2v) is 4.47. The molecule has 2 aromatic carbocycles. The molecule has 2 heteroatoms. The summed E-state index contributed by atoms with van der Waals surface area (Å²) in [5, 5.41) is 11.1. The van der Waals surface area contributed by atoms with Crippen molar-refractivity contribution in [2.24, 2.45) is 0 Å². The van der Waals surface area contributed by atoms with Gasteiger partial charge in [0.25, 0.3) is 0 Å². The monoisotopic (exact) mass is 278 g/mol. The Morgan fingerprint density at radius 3 is 2.00 bits per heavy atom. The van der Waals surface area contributed by atoms with Crippen LogP contribution in [0.25, 0.3) is 0 Å². The summed E-state index contributed by atoms with van der Waals surface area (Å²) in [6.45, 7) is 2.50. The highest BCUT2D eigenvalue weighted by atomic mass is 16.5. The van der Waals surface area contributed by atoms with E-state index in [-0.39, 0.29) is 0 Å². The minimum atomic E-state index is -1.33. The van der Waals surface area contributed by atoms with Gasteiger partial charge in [-0.25, -0.2) is 0 Å². The molecule has 0 atom stereocenters. The van der Waals surface area contributed by atoms with Gasteiger partial charge >= 0.3 is 0 Å². The Morgan fingerprint density at radius 2 is 1.52 bits per heavy atom. The van der Waals surface area contributed by atoms with Crippen LogP contribution in [-0.2, 0) is 10.3 Å². The largest absolute Gasteiger partial charge is 0.501 e. The van der Waals surface area contributed by atoms with Gasteiger partial charge in [0.1, 0.15) is 0 Å².